The highest BCUT2D eigenvalue weighted by molar-refractivity contribution is 7.89. The molecule has 0 aliphatic carbocycles. The average molecular weight is 394 g/mol. The minimum Gasteiger partial charge on any atom is -0.341 e. The first kappa shape index (κ1) is 21.9. The largest absolute Gasteiger partial charge is 0.341 e. The molecule has 25 heavy (non-hydrogen) atoms. The van der Waals surface area contributed by atoms with E-state index in [1.54, 1.807) is 18.9 Å². The summed E-state index contributed by atoms with van der Waals surface area (Å²) in [5.74, 6) is 0.457. The number of hydrogen-bond acceptors (Lipinski definition) is 5. The molecule has 10 heteroatoms. The van der Waals surface area contributed by atoms with E-state index in [1.807, 2.05) is 7.05 Å². The topological polar surface area (TPSA) is 96.3 Å². The number of aromatic nitrogens is 2. The number of nitrogens with zero attached hydrogens (tertiary/aromatic N) is 3. The molecule has 144 valence electrons. The summed E-state index contributed by atoms with van der Waals surface area (Å²) >= 11 is 0. The van der Waals surface area contributed by atoms with E-state index < -0.39 is 16.1 Å². The van der Waals surface area contributed by atoms with Crippen LogP contribution < -0.4 is 10.0 Å². The van der Waals surface area contributed by atoms with E-state index in [4.69, 9.17) is 0 Å². The van der Waals surface area contributed by atoms with Gasteiger partial charge in [0.2, 0.25) is 15.9 Å². The predicted octanol–water partition coefficient (Wildman–Crippen LogP) is 0.357. The Morgan fingerprint density at radius 3 is 2.56 bits per heavy atom. The number of nitrogens with one attached hydrogen (secondary N) is 2. The Kier molecular flexibility index (Phi) is 8.33. The summed E-state index contributed by atoms with van der Waals surface area (Å²) < 4.78 is 28.4. The van der Waals surface area contributed by atoms with Crippen molar-refractivity contribution in [2.75, 3.05) is 26.7 Å². The third-order valence-electron chi connectivity index (χ3n) is 4.42. The standard InChI is InChI=1S/C15H27N5O3S.ClH/c1-12(18-24(22,23)14-10-17-19(3)11-14)15(21)20-8-5-13(6-9-20)4-7-16-2;/h10-13,16,18H,4-9H2,1-3H3;1H. The molecular weight excluding hydrogens is 366 g/mol. The fourth-order valence-electron chi connectivity index (χ4n) is 2.95. The quantitative estimate of drug-likeness (QED) is 0.697. The van der Waals surface area contributed by atoms with Gasteiger partial charge in [-0.15, -0.1) is 12.4 Å². The van der Waals surface area contributed by atoms with Gasteiger partial charge in [0.25, 0.3) is 0 Å². The smallest absolute Gasteiger partial charge is 0.244 e. The Hall–Kier alpha value is -1.16. The second kappa shape index (κ2) is 9.51. The maximum absolute atomic E-state index is 12.5. The van der Waals surface area contributed by atoms with Crippen LogP contribution in [0.2, 0.25) is 0 Å². The summed E-state index contributed by atoms with van der Waals surface area (Å²) in [6, 6.07) is -0.788. The van der Waals surface area contributed by atoms with E-state index in [1.165, 1.54) is 17.1 Å². The molecule has 1 atom stereocenters. The van der Waals surface area contributed by atoms with E-state index in [2.05, 4.69) is 15.1 Å². The molecule has 2 N–H and O–H groups in total. The van der Waals surface area contributed by atoms with Gasteiger partial charge in [-0.05, 0) is 45.7 Å². The van der Waals surface area contributed by atoms with Crippen molar-refractivity contribution in [1.29, 1.82) is 0 Å². The zero-order valence-corrected chi connectivity index (χ0v) is 16.6. The minimum atomic E-state index is -3.73. The maximum Gasteiger partial charge on any atom is 0.244 e. The van der Waals surface area contributed by atoms with Crippen molar-refractivity contribution in [1.82, 2.24) is 24.7 Å². The van der Waals surface area contributed by atoms with E-state index in [0.717, 1.165) is 25.8 Å². The summed E-state index contributed by atoms with van der Waals surface area (Å²) in [4.78, 5) is 14.3. The van der Waals surface area contributed by atoms with Crippen molar-refractivity contribution >= 4 is 28.3 Å². The Bertz CT molecular complexity index is 656. The van der Waals surface area contributed by atoms with Crippen molar-refractivity contribution in [3.05, 3.63) is 12.4 Å². The lowest BCUT2D eigenvalue weighted by Gasteiger charge is -2.33. The van der Waals surface area contributed by atoms with Crippen LogP contribution in [0.3, 0.4) is 0 Å². The number of halogens is 1. The SMILES string of the molecule is CNCCC1CCN(C(=O)C(C)NS(=O)(=O)c2cnn(C)c2)CC1.Cl. The number of amides is 1. The zero-order chi connectivity index (χ0) is 17.7. The van der Waals surface area contributed by atoms with E-state index in [9.17, 15) is 13.2 Å². The molecule has 1 aliphatic heterocycles. The van der Waals surface area contributed by atoms with E-state index in [-0.39, 0.29) is 23.2 Å². The van der Waals surface area contributed by atoms with Crippen molar-refractivity contribution < 1.29 is 13.2 Å². The van der Waals surface area contributed by atoms with Crippen molar-refractivity contribution in [3.63, 3.8) is 0 Å². The van der Waals surface area contributed by atoms with E-state index in [0.29, 0.717) is 19.0 Å². The third-order valence-corrected chi connectivity index (χ3v) is 5.92. The van der Waals surface area contributed by atoms with Gasteiger partial charge in [0.15, 0.2) is 0 Å². The summed E-state index contributed by atoms with van der Waals surface area (Å²) in [5.41, 5.74) is 0. The minimum absolute atomic E-state index is 0. The number of hydrogen-bond donors (Lipinski definition) is 2. The maximum atomic E-state index is 12.5. The lowest BCUT2D eigenvalue weighted by Crippen LogP contribution is -2.49. The number of sulfonamides is 1. The summed E-state index contributed by atoms with van der Waals surface area (Å²) in [6.07, 6.45) is 5.73. The molecule has 2 heterocycles. The monoisotopic (exact) mass is 393 g/mol. The molecule has 1 fully saturated rings. The van der Waals surface area contributed by atoms with Gasteiger partial charge in [0.05, 0.1) is 12.2 Å². The molecule has 1 saturated heterocycles. The molecule has 0 aromatic carbocycles. The molecule has 2 rings (SSSR count). The number of carbonyl (C=O) groups is 1. The molecule has 0 bridgehead atoms. The first-order valence-corrected chi connectivity index (χ1v) is 9.76. The van der Waals surface area contributed by atoms with Crippen LogP contribution in [0.1, 0.15) is 26.2 Å². The van der Waals surface area contributed by atoms with Crippen LogP contribution in [0.25, 0.3) is 0 Å². The van der Waals surface area contributed by atoms with Gasteiger partial charge >= 0.3 is 0 Å². The number of likely N-dealkylation sites (tertiary alicyclic amines) is 1. The van der Waals surface area contributed by atoms with Gasteiger partial charge in [0, 0.05) is 26.3 Å². The number of rotatable bonds is 7. The molecule has 1 aromatic heterocycles. The van der Waals surface area contributed by atoms with Crippen molar-refractivity contribution in [3.8, 4) is 0 Å². The van der Waals surface area contributed by atoms with Crippen LogP contribution in [0.15, 0.2) is 17.3 Å². The highest BCUT2D eigenvalue weighted by Gasteiger charge is 2.29. The molecule has 0 radical (unpaired) electrons. The second-order valence-electron chi connectivity index (χ2n) is 6.35. The van der Waals surface area contributed by atoms with Gasteiger partial charge in [-0.3, -0.25) is 9.48 Å². The first-order chi connectivity index (χ1) is 11.3. The van der Waals surface area contributed by atoms with Crippen LogP contribution in [0.5, 0.6) is 0 Å². The summed E-state index contributed by atoms with van der Waals surface area (Å²) in [7, 11) is -0.150. The van der Waals surface area contributed by atoms with Gasteiger partial charge in [-0.25, -0.2) is 8.42 Å². The van der Waals surface area contributed by atoms with Crippen LogP contribution in [-0.2, 0) is 21.9 Å². The number of aryl methyl sites for hydroxylation is 1. The highest BCUT2D eigenvalue weighted by atomic mass is 35.5. The number of carbonyl (C=O) groups excluding carboxylic acids is 1. The fourth-order valence-corrected chi connectivity index (χ4v) is 4.13. The average Bonchev–Trinajstić information content (AvgIpc) is 3.00. The predicted molar refractivity (Wildman–Crippen MR) is 98.1 cm³/mol. The highest BCUT2D eigenvalue weighted by Crippen LogP contribution is 2.20. The molecule has 8 nitrogen and oxygen atoms in total. The van der Waals surface area contributed by atoms with Gasteiger partial charge in [-0.1, -0.05) is 0 Å². The summed E-state index contributed by atoms with van der Waals surface area (Å²) in [6.45, 7) is 3.95. The molecule has 1 aliphatic rings. The van der Waals surface area contributed by atoms with Gasteiger partial charge < -0.3 is 10.2 Å². The van der Waals surface area contributed by atoms with Gasteiger partial charge in [-0.2, -0.15) is 9.82 Å². The Balaban J connectivity index is 0.00000312. The molecule has 0 spiro atoms. The molecule has 1 amide bonds. The summed E-state index contributed by atoms with van der Waals surface area (Å²) in [5, 5.41) is 7.00. The van der Waals surface area contributed by atoms with Crippen molar-refractivity contribution in [2.45, 2.75) is 37.1 Å². The number of piperidine rings is 1. The van der Waals surface area contributed by atoms with E-state index >= 15 is 0 Å². The molecule has 1 unspecified atom stereocenters. The van der Waals surface area contributed by atoms with Crippen molar-refractivity contribution in [2.24, 2.45) is 13.0 Å². The van der Waals surface area contributed by atoms with Crippen LogP contribution in [0, 0.1) is 5.92 Å². The Morgan fingerprint density at radius 2 is 2.04 bits per heavy atom. The van der Waals surface area contributed by atoms with Crippen LogP contribution >= 0.6 is 12.4 Å². The lowest BCUT2D eigenvalue weighted by atomic mass is 9.93. The normalized spacial score (nSPS) is 17.2. The Labute approximate surface area is 155 Å². The molecular formula is C15H28ClN5O3S. The second-order valence-corrected chi connectivity index (χ2v) is 8.07. The lowest BCUT2D eigenvalue weighted by molar-refractivity contribution is -0.134. The van der Waals surface area contributed by atoms with Crippen LogP contribution in [0.4, 0.5) is 0 Å². The third kappa shape index (κ3) is 5.95. The zero-order valence-electron chi connectivity index (χ0n) is 14.9. The van der Waals surface area contributed by atoms with Crippen LogP contribution in [-0.4, -0.2) is 61.7 Å². The molecule has 0 saturated carbocycles. The first-order valence-electron chi connectivity index (χ1n) is 8.28. The Morgan fingerprint density at radius 1 is 1.40 bits per heavy atom. The molecule has 1 aromatic rings. The fraction of sp³-hybridized carbons (Fsp3) is 0.733. The van der Waals surface area contributed by atoms with Gasteiger partial charge in [0.1, 0.15) is 4.90 Å².